The Hall–Kier alpha value is -1.73. The molecular weight excluding hydrogens is 194 g/mol. The summed E-state index contributed by atoms with van der Waals surface area (Å²) in [6, 6.07) is 1.63. The van der Waals surface area contributed by atoms with Gasteiger partial charge >= 0.3 is 5.97 Å². The topological polar surface area (TPSA) is 62.5 Å². The first-order valence-electron chi connectivity index (χ1n) is 4.56. The minimum absolute atomic E-state index is 0.0137. The van der Waals surface area contributed by atoms with Crippen LogP contribution in [-0.4, -0.2) is 17.1 Å². The van der Waals surface area contributed by atoms with Crippen LogP contribution in [0.2, 0.25) is 0 Å². The summed E-state index contributed by atoms with van der Waals surface area (Å²) in [6.07, 6.45) is 5.18. The number of carboxylic acid groups (broad SMARTS) is 1. The van der Waals surface area contributed by atoms with Gasteiger partial charge in [-0.1, -0.05) is 5.92 Å². The molecule has 4 heteroatoms. The number of carbonyl (C=O) groups is 1. The summed E-state index contributed by atoms with van der Waals surface area (Å²) in [6.45, 7) is 3.97. The summed E-state index contributed by atoms with van der Waals surface area (Å²) in [4.78, 5) is 10.7. The van der Waals surface area contributed by atoms with Gasteiger partial charge < -0.3 is 9.52 Å². The minimum atomic E-state index is -1.05. The molecular formula is C11H13NO3. The fourth-order valence-corrected chi connectivity index (χ4v) is 1.16. The number of aromatic carboxylic acids is 1. The minimum Gasteiger partial charge on any atom is -0.475 e. The van der Waals surface area contributed by atoms with Gasteiger partial charge in [0, 0.05) is 5.56 Å². The van der Waals surface area contributed by atoms with E-state index in [0.717, 1.165) is 0 Å². The van der Waals surface area contributed by atoms with E-state index in [1.54, 1.807) is 13.0 Å². The average Bonchev–Trinajstić information content (AvgIpc) is 2.56. The molecule has 1 rings (SSSR count). The number of carboxylic acids is 1. The molecule has 0 aliphatic rings. The Morgan fingerprint density at radius 1 is 1.80 bits per heavy atom. The van der Waals surface area contributed by atoms with Crippen LogP contribution in [0.3, 0.4) is 0 Å². The van der Waals surface area contributed by atoms with Crippen molar-refractivity contribution >= 4 is 5.97 Å². The Kier molecular flexibility index (Phi) is 3.53. The number of hydrogen-bond donors (Lipinski definition) is 2. The lowest BCUT2D eigenvalue weighted by molar-refractivity contribution is 0.0659. The molecule has 2 N–H and O–H groups in total. The summed E-state index contributed by atoms with van der Waals surface area (Å²) in [5.41, 5.74) is 0.618. The van der Waals surface area contributed by atoms with E-state index < -0.39 is 5.97 Å². The van der Waals surface area contributed by atoms with Crippen molar-refractivity contribution < 1.29 is 14.3 Å². The fraction of sp³-hybridized carbons (Fsp3) is 0.364. The van der Waals surface area contributed by atoms with Crippen molar-refractivity contribution in [2.75, 3.05) is 0 Å². The van der Waals surface area contributed by atoms with Crippen LogP contribution in [0.5, 0.6) is 0 Å². The first-order valence-corrected chi connectivity index (χ1v) is 4.56. The SMILES string of the molecule is C#CC(C)NCc1cc(C)c(C(=O)O)o1. The van der Waals surface area contributed by atoms with Crippen LogP contribution >= 0.6 is 0 Å². The summed E-state index contributed by atoms with van der Waals surface area (Å²) in [7, 11) is 0. The lowest BCUT2D eigenvalue weighted by Crippen LogP contribution is -2.23. The number of rotatable bonds is 4. The lowest BCUT2D eigenvalue weighted by Gasteiger charge is -2.03. The molecule has 1 aromatic rings. The molecule has 0 radical (unpaired) electrons. The van der Waals surface area contributed by atoms with E-state index in [2.05, 4.69) is 11.2 Å². The highest BCUT2D eigenvalue weighted by molar-refractivity contribution is 5.86. The van der Waals surface area contributed by atoms with Gasteiger partial charge in [-0.2, -0.15) is 0 Å². The van der Waals surface area contributed by atoms with Gasteiger partial charge in [-0.15, -0.1) is 6.42 Å². The summed E-state index contributed by atoms with van der Waals surface area (Å²) in [5, 5.41) is 11.8. The van der Waals surface area contributed by atoms with Crippen molar-refractivity contribution in [1.82, 2.24) is 5.32 Å². The summed E-state index contributed by atoms with van der Waals surface area (Å²) >= 11 is 0. The fourth-order valence-electron chi connectivity index (χ4n) is 1.16. The predicted octanol–water partition coefficient (Wildman–Crippen LogP) is 1.40. The number of furan rings is 1. The molecule has 1 aromatic heterocycles. The third-order valence-electron chi connectivity index (χ3n) is 2.00. The Bertz CT molecular complexity index is 400. The predicted molar refractivity (Wildman–Crippen MR) is 55.5 cm³/mol. The zero-order valence-electron chi connectivity index (χ0n) is 8.70. The van der Waals surface area contributed by atoms with Gasteiger partial charge in [0.25, 0.3) is 0 Å². The Labute approximate surface area is 88.3 Å². The van der Waals surface area contributed by atoms with Gasteiger partial charge in [0.1, 0.15) is 5.76 Å². The van der Waals surface area contributed by atoms with E-state index in [-0.39, 0.29) is 11.8 Å². The van der Waals surface area contributed by atoms with Crippen LogP contribution in [0.25, 0.3) is 0 Å². The standard InChI is InChI=1S/C11H13NO3/c1-4-8(3)12-6-9-5-7(2)10(15-9)11(13)14/h1,5,8,12H,6H2,2-3H3,(H,13,14). The second-order valence-corrected chi connectivity index (χ2v) is 3.30. The van der Waals surface area contributed by atoms with Gasteiger partial charge in [0.15, 0.2) is 0 Å². The second kappa shape index (κ2) is 4.67. The van der Waals surface area contributed by atoms with Gasteiger partial charge in [-0.3, -0.25) is 5.32 Å². The molecule has 0 saturated heterocycles. The molecule has 0 aliphatic heterocycles. The number of terminal acetylenes is 1. The van der Waals surface area contributed by atoms with Crippen molar-refractivity contribution in [3.05, 3.63) is 23.2 Å². The quantitative estimate of drug-likeness (QED) is 0.732. The summed E-state index contributed by atoms with van der Waals surface area (Å²) in [5.74, 6) is 2.02. The highest BCUT2D eigenvalue weighted by Crippen LogP contribution is 2.14. The van der Waals surface area contributed by atoms with E-state index in [9.17, 15) is 4.79 Å². The van der Waals surface area contributed by atoms with Crippen molar-refractivity contribution in [1.29, 1.82) is 0 Å². The third kappa shape index (κ3) is 2.86. The summed E-state index contributed by atoms with van der Waals surface area (Å²) < 4.78 is 5.14. The molecule has 0 amide bonds. The van der Waals surface area contributed by atoms with E-state index in [4.69, 9.17) is 15.9 Å². The Morgan fingerprint density at radius 3 is 2.93 bits per heavy atom. The maximum Gasteiger partial charge on any atom is 0.372 e. The van der Waals surface area contributed by atoms with Gasteiger partial charge in [0.2, 0.25) is 5.76 Å². The van der Waals surface area contributed by atoms with Gasteiger partial charge in [-0.25, -0.2) is 4.79 Å². The van der Waals surface area contributed by atoms with Crippen LogP contribution in [0.1, 0.15) is 28.8 Å². The third-order valence-corrected chi connectivity index (χ3v) is 2.00. The van der Waals surface area contributed by atoms with E-state index >= 15 is 0 Å². The van der Waals surface area contributed by atoms with Crippen LogP contribution in [0.15, 0.2) is 10.5 Å². The smallest absolute Gasteiger partial charge is 0.372 e. The largest absolute Gasteiger partial charge is 0.475 e. The molecule has 1 unspecified atom stereocenters. The molecule has 80 valence electrons. The van der Waals surface area contributed by atoms with Crippen molar-refractivity contribution in [2.45, 2.75) is 26.4 Å². The first-order chi connectivity index (χ1) is 7.04. The monoisotopic (exact) mass is 207 g/mol. The molecule has 0 bridgehead atoms. The van der Waals surface area contributed by atoms with E-state index in [1.807, 2.05) is 6.92 Å². The maximum absolute atomic E-state index is 10.7. The van der Waals surface area contributed by atoms with Crippen molar-refractivity contribution in [2.24, 2.45) is 0 Å². The zero-order chi connectivity index (χ0) is 11.4. The van der Waals surface area contributed by atoms with Crippen LogP contribution in [0, 0.1) is 19.3 Å². The van der Waals surface area contributed by atoms with E-state index in [1.165, 1.54) is 0 Å². The highest BCUT2D eigenvalue weighted by atomic mass is 16.4. The average molecular weight is 207 g/mol. The Morgan fingerprint density at radius 2 is 2.47 bits per heavy atom. The molecule has 0 saturated carbocycles. The van der Waals surface area contributed by atoms with Gasteiger partial charge in [-0.05, 0) is 19.9 Å². The number of aryl methyl sites for hydroxylation is 1. The Balaban J connectivity index is 2.68. The normalized spacial score (nSPS) is 12.1. The molecule has 1 atom stereocenters. The molecule has 4 nitrogen and oxygen atoms in total. The number of hydrogen-bond acceptors (Lipinski definition) is 3. The van der Waals surface area contributed by atoms with Crippen LogP contribution < -0.4 is 5.32 Å². The van der Waals surface area contributed by atoms with Crippen molar-refractivity contribution in [3.63, 3.8) is 0 Å². The molecule has 0 aromatic carbocycles. The van der Waals surface area contributed by atoms with Crippen molar-refractivity contribution in [3.8, 4) is 12.3 Å². The molecule has 0 fully saturated rings. The van der Waals surface area contributed by atoms with Gasteiger partial charge in [0.05, 0.1) is 12.6 Å². The molecule has 0 aliphatic carbocycles. The van der Waals surface area contributed by atoms with Crippen LogP contribution in [0.4, 0.5) is 0 Å². The zero-order valence-corrected chi connectivity index (χ0v) is 8.70. The van der Waals surface area contributed by atoms with Crippen LogP contribution in [-0.2, 0) is 6.54 Å². The van der Waals surface area contributed by atoms with E-state index in [0.29, 0.717) is 17.9 Å². The molecule has 1 heterocycles. The molecule has 0 spiro atoms. The second-order valence-electron chi connectivity index (χ2n) is 3.30. The highest BCUT2D eigenvalue weighted by Gasteiger charge is 2.14. The lowest BCUT2D eigenvalue weighted by atomic mass is 10.2. The number of nitrogens with one attached hydrogen (secondary N) is 1. The maximum atomic E-state index is 10.7. The molecule has 15 heavy (non-hydrogen) atoms. The first kappa shape index (κ1) is 11.3.